The SMILES string of the molecule is CCOC(=O)C(O)C[C@@H](Cc1ccc(-c2cccc(Cl)c2)cc1)NC(=O)C(=N)/C=C(\N)C(C)=O. The van der Waals surface area contributed by atoms with Crippen LogP contribution in [0.1, 0.15) is 25.8 Å². The Morgan fingerprint density at radius 2 is 1.85 bits per heavy atom. The second kappa shape index (κ2) is 12.7. The summed E-state index contributed by atoms with van der Waals surface area (Å²) < 4.78 is 4.84. The topological polar surface area (TPSA) is 143 Å². The van der Waals surface area contributed by atoms with Crippen LogP contribution >= 0.6 is 11.6 Å². The molecule has 0 heterocycles. The molecule has 0 fully saturated rings. The average Bonchev–Trinajstić information content (AvgIpc) is 2.79. The number of aliphatic hydroxyl groups is 1. The number of esters is 1. The van der Waals surface area contributed by atoms with Gasteiger partial charge in [0.05, 0.1) is 12.3 Å². The largest absolute Gasteiger partial charge is 0.464 e. The number of nitrogens with two attached hydrogens (primary N) is 1. The van der Waals surface area contributed by atoms with Gasteiger partial charge in [-0.05, 0) is 48.2 Å². The monoisotopic (exact) mass is 485 g/mol. The number of rotatable bonds is 11. The Labute approximate surface area is 203 Å². The molecule has 0 aromatic heterocycles. The van der Waals surface area contributed by atoms with E-state index >= 15 is 0 Å². The molecule has 0 aliphatic carbocycles. The van der Waals surface area contributed by atoms with Crippen molar-refractivity contribution in [1.82, 2.24) is 5.32 Å². The van der Waals surface area contributed by atoms with Gasteiger partial charge in [-0.25, -0.2) is 4.79 Å². The maximum Gasteiger partial charge on any atom is 0.335 e. The van der Waals surface area contributed by atoms with E-state index in [4.69, 9.17) is 27.5 Å². The minimum absolute atomic E-state index is 0.109. The van der Waals surface area contributed by atoms with Gasteiger partial charge in [-0.1, -0.05) is 48.0 Å². The van der Waals surface area contributed by atoms with E-state index in [1.807, 2.05) is 42.5 Å². The first-order valence-electron chi connectivity index (χ1n) is 10.7. The third-order valence-corrected chi connectivity index (χ3v) is 5.18. The Morgan fingerprint density at radius 1 is 1.18 bits per heavy atom. The number of hydrogen-bond acceptors (Lipinski definition) is 7. The normalized spacial score (nSPS) is 13.0. The molecule has 0 bridgehead atoms. The summed E-state index contributed by atoms with van der Waals surface area (Å²) in [6.45, 7) is 2.96. The zero-order valence-electron chi connectivity index (χ0n) is 19.0. The molecule has 0 aliphatic rings. The molecule has 0 radical (unpaired) electrons. The van der Waals surface area contributed by atoms with E-state index < -0.39 is 35.5 Å². The van der Waals surface area contributed by atoms with Gasteiger partial charge in [-0.3, -0.25) is 15.0 Å². The van der Waals surface area contributed by atoms with Crippen molar-refractivity contribution in [3.8, 4) is 11.1 Å². The molecule has 5 N–H and O–H groups in total. The van der Waals surface area contributed by atoms with Crippen molar-refractivity contribution in [2.75, 3.05) is 6.61 Å². The van der Waals surface area contributed by atoms with Crippen molar-refractivity contribution < 1.29 is 24.2 Å². The van der Waals surface area contributed by atoms with Crippen LogP contribution in [-0.4, -0.2) is 47.2 Å². The molecule has 8 nitrogen and oxygen atoms in total. The number of carbonyl (C=O) groups is 3. The van der Waals surface area contributed by atoms with Crippen LogP contribution in [-0.2, 0) is 25.5 Å². The summed E-state index contributed by atoms with van der Waals surface area (Å²) in [7, 11) is 0. The number of hydrogen-bond donors (Lipinski definition) is 4. The molecule has 2 atom stereocenters. The number of benzene rings is 2. The quantitative estimate of drug-likeness (QED) is 0.219. The van der Waals surface area contributed by atoms with Gasteiger partial charge >= 0.3 is 5.97 Å². The zero-order chi connectivity index (χ0) is 25.3. The van der Waals surface area contributed by atoms with Crippen LogP contribution in [0.15, 0.2) is 60.3 Å². The molecule has 34 heavy (non-hydrogen) atoms. The van der Waals surface area contributed by atoms with Gasteiger partial charge in [0.1, 0.15) is 5.71 Å². The minimum Gasteiger partial charge on any atom is -0.464 e. The predicted octanol–water partition coefficient (Wildman–Crippen LogP) is 2.80. The Hall–Kier alpha value is -3.49. The van der Waals surface area contributed by atoms with E-state index in [9.17, 15) is 19.5 Å². The first-order chi connectivity index (χ1) is 16.1. The van der Waals surface area contributed by atoms with E-state index in [1.165, 1.54) is 6.92 Å². The van der Waals surface area contributed by atoms with Gasteiger partial charge in [0, 0.05) is 24.4 Å². The number of allylic oxidation sites excluding steroid dienone is 1. The highest BCUT2D eigenvalue weighted by Gasteiger charge is 2.24. The molecule has 1 amide bonds. The average molecular weight is 486 g/mol. The highest BCUT2D eigenvalue weighted by molar-refractivity contribution is 6.42. The third kappa shape index (κ3) is 8.13. The van der Waals surface area contributed by atoms with Crippen LogP contribution in [0.25, 0.3) is 11.1 Å². The summed E-state index contributed by atoms with van der Waals surface area (Å²) in [4.78, 5) is 35.7. The van der Waals surface area contributed by atoms with Crippen molar-refractivity contribution in [2.45, 2.75) is 38.8 Å². The van der Waals surface area contributed by atoms with Crippen LogP contribution in [0.2, 0.25) is 5.02 Å². The number of aliphatic hydroxyl groups excluding tert-OH is 1. The molecule has 0 saturated heterocycles. The lowest BCUT2D eigenvalue weighted by Crippen LogP contribution is -2.43. The summed E-state index contributed by atoms with van der Waals surface area (Å²) in [5, 5.41) is 21.4. The minimum atomic E-state index is -1.46. The second-order valence-corrected chi connectivity index (χ2v) is 8.09. The lowest BCUT2D eigenvalue weighted by atomic mass is 9.97. The fourth-order valence-electron chi connectivity index (χ4n) is 3.17. The first kappa shape index (κ1) is 26.8. The van der Waals surface area contributed by atoms with Gasteiger partial charge in [-0.15, -0.1) is 0 Å². The molecule has 180 valence electrons. The summed E-state index contributed by atoms with van der Waals surface area (Å²) >= 11 is 6.06. The first-order valence-corrected chi connectivity index (χ1v) is 11.1. The van der Waals surface area contributed by atoms with Gasteiger partial charge in [0.25, 0.3) is 5.91 Å². The van der Waals surface area contributed by atoms with Crippen LogP contribution in [0.5, 0.6) is 0 Å². The van der Waals surface area contributed by atoms with Crippen LogP contribution in [0.4, 0.5) is 0 Å². The number of ether oxygens (including phenoxy) is 1. The fraction of sp³-hybridized carbons (Fsp3) is 0.280. The lowest BCUT2D eigenvalue weighted by Gasteiger charge is -2.21. The lowest BCUT2D eigenvalue weighted by molar-refractivity contribution is -0.153. The molecule has 9 heteroatoms. The maximum absolute atomic E-state index is 12.5. The van der Waals surface area contributed by atoms with E-state index in [2.05, 4.69) is 5.32 Å². The Bertz CT molecular complexity index is 1080. The fourth-order valence-corrected chi connectivity index (χ4v) is 3.36. The Kier molecular flexibility index (Phi) is 9.97. The van der Waals surface area contributed by atoms with E-state index in [0.29, 0.717) is 5.02 Å². The molecule has 2 aromatic carbocycles. The molecule has 0 aliphatic heterocycles. The van der Waals surface area contributed by atoms with Crippen LogP contribution < -0.4 is 11.1 Å². The van der Waals surface area contributed by atoms with Gasteiger partial charge in [0.2, 0.25) is 0 Å². The number of Topliss-reactive ketones (excluding diaryl/α,β-unsaturated/α-hetero) is 1. The highest BCUT2D eigenvalue weighted by Crippen LogP contribution is 2.23. The summed E-state index contributed by atoms with van der Waals surface area (Å²) in [5.74, 6) is -2.05. The predicted molar refractivity (Wildman–Crippen MR) is 130 cm³/mol. The summed E-state index contributed by atoms with van der Waals surface area (Å²) in [6, 6.07) is 14.3. The molecular formula is C25H28ClN3O5. The molecule has 1 unspecified atom stereocenters. The molecule has 2 rings (SSSR count). The molecule has 0 spiro atoms. The standard InChI is InChI=1S/C25H28ClN3O5/c1-3-34-25(33)23(31)13-20(29-24(32)22(28)14-21(27)15(2)30)11-16-7-9-17(10-8-16)18-5-4-6-19(26)12-18/h4-10,12,14,20,23,28,31H,3,11,13,27H2,1-2H3,(H,29,32)/b21-14-,28-22?/t20-,23?/m1/s1. The molecule has 0 saturated carbocycles. The Morgan fingerprint density at radius 3 is 2.44 bits per heavy atom. The van der Waals surface area contributed by atoms with E-state index in [0.717, 1.165) is 22.8 Å². The van der Waals surface area contributed by atoms with Crippen LogP contribution in [0.3, 0.4) is 0 Å². The highest BCUT2D eigenvalue weighted by atomic mass is 35.5. The Balaban J connectivity index is 2.19. The van der Waals surface area contributed by atoms with Gasteiger partial charge in [-0.2, -0.15) is 0 Å². The number of amides is 1. The van der Waals surface area contributed by atoms with Crippen LogP contribution in [0, 0.1) is 5.41 Å². The summed E-state index contributed by atoms with van der Waals surface area (Å²) in [6.07, 6.45) is -0.337. The van der Waals surface area contributed by atoms with E-state index in [-0.39, 0.29) is 25.1 Å². The van der Waals surface area contributed by atoms with Crippen molar-refractivity contribution in [3.63, 3.8) is 0 Å². The third-order valence-electron chi connectivity index (χ3n) is 4.95. The number of halogens is 1. The second-order valence-electron chi connectivity index (χ2n) is 7.65. The van der Waals surface area contributed by atoms with Gasteiger partial charge in [0.15, 0.2) is 11.9 Å². The van der Waals surface area contributed by atoms with Crippen molar-refractivity contribution in [3.05, 3.63) is 70.9 Å². The zero-order valence-corrected chi connectivity index (χ0v) is 19.8. The number of nitrogens with one attached hydrogen (secondary N) is 2. The summed E-state index contributed by atoms with van der Waals surface area (Å²) in [5.41, 5.74) is 7.51. The molecular weight excluding hydrogens is 458 g/mol. The maximum atomic E-state index is 12.5. The number of carbonyl (C=O) groups excluding carboxylic acids is 3. The van der Waals surface area contributed by atoms with Crippen molar-refractivity contribution >= 4 is 35.0 Å². The molecule has 2 aromatic rings. The number of ketones is 1. The van der Waals surface area contributed by atoms with Crippen molar-refractivity contribution in [1.29, 1.82) is 5.41 Å². The smallest absolute Gasteiger partial charge is 0.335 e. The van der Waals surface area contributed by atoms with Gasteiger partial charge < -0.3 is 20.9 Å². The van der Waals surface area contributed by atoms with E-state index in [1.54, 1.807) is 13.0 Å². The van der Waals surface area contributed by atoms with Crippen molar-refractivity contribution in [2.24, 2.45) is 5.73 Å².